The number of phosphoric ester groups is 1. The molecule has 0 saturated carbocycles. The van der Waals surface area contributed by atoms with Crippen LogP contribution in [0.4, 0.5) is 0 Å². The number of unbranched alkanes of at least 4 members (excludes halogenated alkanes) is 12. The first-order valence-corrected chi connectivity index (χ1v) is 22.5. The number of benzene rings is 3. The van der Waals surface area contributed by atoms with E-state index in [1.165, 1.54) is 57.8 Å². The highest BCUT2D eigenvalue weighted by molar-refractivity contribution is 7.47. The molecule has 0 aliphatic carbocycles. The van der Waals surface area contributed by atoms with Gasteiger partial charge in [0.25, 0.3) is 0 Å². The minimum atomic E-state index is -4.49. The van der Waals surface area contributed by atoms with Crippen molar-refractivity contribution in [3.8, 4) is 17.2 Å². The van der Waals surface area contributed by atoms with Crippen LogP contribution in [0.3, 0.4) is 0 Å². The highest BCUT2D eigenvalue weighted by Crippen LogP contribution is 2.45. The maximum atomic E-state index is 13.4. The van der Waals surface area contributed by atoms with Gasteiger partial charge in [0.2, 0.25) is 0 Å². The van der Waals surface area contributed by atoms with Crippen LogP contribution < -0.4 is 14.2 Å². The third kappa shape index (κ3) is 17.4. The van der Waals surface area contributed by atoms with E-state index >= 15 is 0 Å². The van der Waals surface area contributed by atoms with Crippen LogP contribution in [0.25, 0.3) is 0 Å². The Bertz CT molecular complexity index is 1490. The van der Waals surface area contributed by atoms with Gasteiger partial charge in [-0.25, -0.2) is 4.57 Å². The second kappa shape index (κ2) is 25.9. The molecule has 0 radical (unpaired) electrons. The number of carbonyl (C=O) groups excluding carboxylic acids is 1. The largest absolute Gasteiger partial charge is 0.497 e. The molecule has 2 atom stereocenters. The molecule has 0 aliphatic rings. The number of methoxy groups -OCH3 is 3. The topological polar surface area (TPSA) is 119 Å². The highest BCUT2D eigenvalue weighted by atomic mass is 31.2. The van der Waals surface area contributed by atoms with E-state index in [2.05, 4.69) is 6.92 Å². The third-order valence-electron chi connectivity index (χ3n) is 10.2. The van der Waals surface area contributed by atoms with Gasteiger partial charge in [-0.05, 0) is 59.5 Å². The molecule has 3 aromatic carbocycles. The first-order chi connectivity index (χ1) is 27.9. The number of likely N-dealkylation sites (N-methyl/N-ethyl adjacent to an activating group) is 1. The van der Waals surface area contributed by atoms with Gasteiger partial charge in [0.05, 0.1) is 55.7 Å². The van der Waals surface area contributed by atoms with Gasteiger partial charge in [0, 0.05) is 6.42 Å². The van der Waals surface area contributed by atoms with Gasteiger partial charge >= 0.3 is 13.8 Å². The van der Waals surface area contributed by atoms with E-state index in [1.54, 1.807) is 21.3 Å². The van der Waals surface area contributed by atoms with Crippen molar-refractivity contribution in [3.63, 3.8) is 0 Å². The Morgan fingerprint density at radius 1 is 0.621 bits per heavy atom. The molecule has 3 rings (SSSR count). The number of hydrogen-bond donors (Lipinski definition) is 1. The lowest BCUT2D eigenvalue weighted by Crippen LogP contribution is -2.38. The lowest BCUT2D eigenvalue weighted by molar-refractivity contribution is -0.870. The van der Waals surface area contributed by atoms with Crippen molar-refractivity contribution >= 4 is 13.8 Å². The molecule has 0 spiro atoms. The second-order valence-electron chi connectivity index (χ2n) is 15.9. The molecule has 0 aromatic heterocycles. The van der Waals surface area contributed by atoms with Crippen molar-refractivity contribution in [1.82, 2.24) is 0 Å². The number of nitrogens with zero attached hydrogens (tertiary/aromatic N) is 1. The van der Waals surface area contributed by atoms with Crippen LogP contribution in [0.15, 0.2) is 72.8 Å². The zero-order valence-electron chi connectivity index (χ0n) is 36.2. The van der Waals surface area contributed by atoms with E-state index in [0.29, 0.717) is 34.7 Å². The monoisotopic (exact) mass is 828 g/mol. The Morgan fingerprint density at radius 3 is 1.40 bits per heavy atom. The third-order valence-corrected chi connectivity index (χ3v) is 11.2. The summed E-state index contributed by atoms with van der Waals surface area (Å²) in [6.45, 7) is 2.13. The number of phosphoric acid groups is 1. The van der Waals surface area contributed by atoms with E-state index in [9.17, 15) is 14.3 Å². The smallest absolute Gasteiger partial charge is 0.472 e. The van der Waals surface area contributed by atoms with Crippen molar-refractivity contribution < 1.29 is 51.5 Å². The molecular formula is C46H71NO10P+. The summed E-state index contributed by atoms with van der Waals surface area (Å²) in [5.74, 6) is 1.57. The first kappa shape index (κ1) is 48.9. The summed E-state index contributed by atoms with van der Waals surface area (Å²) < 4.78 is 53.8. The van der Waals surface area contributed by atoms with Crippen molar-refractivity contribution in [2.24, 2.45) is 0 Å². The number of hydrogen-bond acceptors (Lipinski definition) is 9. The van der Waals surface area contributed by atoms with E-state index in [4.69, 9.17) is 32.7 Å². The molecule has 1 N–H and O–H groups in total. The Kier molecular flexibility index (Phi) is 21.9. The van der Waals surface area contributed by atoms with E-state index in [-0.39, 0.29) is 19.6 Å². The summed E-state index contributed by atoms with van der Waals surface area (Å²) in [5.41, 5.74) is 1.03. The van der Waals surface area contributed by atoms with Crippen LogP contribution in [-0.2, 0) is 33.5 Å². The zero-order valence-corrected chi connectivity index (χ0v) is 37.1. The Morgan fingerprint density at radius 2 is 1.02 bits per heavy atom. The van der Waals surface area contributed by atoms with E-state index in [0.717, 1.165) is 36.0 Å². The first-order valence-electron chi connectivity index (χ1n) is 21.0. The molecule has 58 heavy (non-hydrogen) atoms. The molecule has 0 saturated heterocycles. The average molecular weight is 829 g/mol. The van der Waals surface area contributed by atoms with Gasteiger partial charge in [-0.3, -0.25) is 13.8 Å². The summed E-state index contributed by atoms with van der Waals surface area (Å²) in [4.78, 5) is 24.0. The molecule has 0 bridgehead atoms. The van der Waals surface area contributed by atoms with Crippen LogP contribution in [0.1, 0.15) is 114 Å². The summed E-state index contributed by atoms with van der Waals surface area (Å²) in [5, 5.41) is 0. The van der Waals surface area contributed by atoms with Gasteiger partial charge in [-0.15, -0.1) is 0 Å². The molecule has 12 heteroatoms. The van der Waals surface area contributed by atoms with Crippen molar-refractivity contribution in [2.75, 3.05) is 68.8 Å². The van der Waals surface area contributed by atoms with Gasteiger partial charge in [0.15, 0.2) is 0 Å². The molecule has 3 aromatic rings. The molecule has 1 unspecified atom stereocenters. The standard InChI is InChI=1S/C46H70NO10P/c1-8-9-10-11-12-13-14-15-16-17-18-19-20-21-45(48)57-44(37-56-58(49,50)55-35-34-47(2,3)4)36-54-46(38-22-28-41(51-5)29-23-38,39-24-30-42(52-6)31-25-39)40-26-32-43(53-7)33-27-40/h22-33,44H,8-21,34-37H2,1-7H3/p+1/t44-/m1/s1. The van der Waals surface area contributed by atoms with E-state index < -0.39 is 32.1 Å². The number of carbonyl (C=O) groups is 1. The minimum absolute atomic E-state index is 0.00675. The van der Waals surface area contributed by atoms with Gasteiger partial charge in [-0.1, -0.05) is 120 Å². The van der Waals surface area contributed by atoms with Crippen LogP contribution in [0.2, 0.25) is 0 Å². The number of quaternary nitrogens is 1. The van der Waals surface area contributed by atoms with E-state index in [1.807, 2.05) is 93.9 Å². The maximum Gasteiger partial charge on any atom is 0.472 e. The fourth-order valence-electron chi connectivity index (χ4n) is 6.74. The maximum absolute atomic E-state index is 13.4. The van der Waals surface area contributed by atoms with Gasteiger partial charge < -0.3 is 33.1 Å². The molecule has 324 valence electrons. The molecular weight excluding hydrogens is 757 g/mol. The summed E-state index contributed by atoms with van der Waals surface area (Å²) in [6.07, 6.45) is 14.7. The van der Waals surface area contributed by atoms with Crippen LogP contribution >= 0.6 is 7.82 Å². The van der Waals surface area contributed by atoms with Crippen LogP contribution in [0, 0.1) is 0 Å². The molecule has 0 aliphatic heterocycles. The Balaban J connectivity index is 1.80. The SMILES string of the molecule is CCCCCCCCCCCCCCCC(=O)O[C@H](COC(c1ccc(OC)cc1)(c1ccc(OC)cc1)c1ccc(OC)cc1)COP(=O)(O)OCC[N+](C)(C)C. The van der Waals surface area contributed by atoms with Crippen LogP contribution in [0.5, 0.6) is 17.2 Å². The molecule has 11 nitrogen and oxygen atoms in total. The zero-order chi connectivity index (χ0) is 42.3. The molecule has 0 amide bonds. The average Bonchev–Trinajstić information content (AvgIpc) is 3.21. The van der Waals surface area contributed by atoms with Gasteiger partial charge in [-0.2, -0.15) is 0 Å². The Labute approximate surface area is 348 Å². The summed E-state index contributed by atoms with van der Waals surface area (Å²) in [6, 6.07) is 22.6. The number of esters is 1. The fourth-order valence-corrected chi connectivity index (χ4v) is 7.48. The predicted octanol–water partition coefficient (Wildman–Crippen LogP) is 10.3. The fraction of sp³-hybridized carbons (Fsp3) is 0.587. The normalized spacial score (nSPS) is 13.4. The number of rotatable bonds is 31. The van der Waals surface area contributed by atoms with Crippen molar-refractivity contribution in [1.29, 1.82) is 0 Å². The Hall–Kier alpha value is -3.44. The van der Waals surface area contributed by atoms with Crippen molar-refractivity contribution in [2.45, 2.75) is 109 Å². The summed E-state index contributed by atoms with van der Waals surface area (Å²) in [7, 11) is 6.19. The minimum Gasteiger partial charge on any atom is -0.497 e. The quantitative estimate of drug-likeness (QED) is 0.0221. The van der Waals surface area contributed by atoms with Gasteiger partial charge in [0.1, 0.15) is 42.1 Å². The lowest BCUT2D eigenvalue weighted by Gasteiger charge is -2.37. The van der Waals surface area contributed by atoms with Crippen LogP contribution in [-0.4, -0.2) is 90.3 Å². The summed E-state index contributed by atoms with van der Waals surface area (Å²) >= 11 is 0. The highest BCUT2D eigenvalue weighted by Gasteiger charge is 2.39. The van der Waals surface area contributed by atoms with Crippen molar-refractivity contribution in [3.05, 3.63) is 89.5 Å². The molecule has 0 heterocycles. The number of ether oxygens (including phenoxy) is 5. The lowest BCUT2D eigenvalue weighted by atomic mass is 9.80. The molecule has 0 fully saturated rings. The second-order valence-corrected chi connectivity index (χ2v) is 17.3. The predicted molar refractivity (Wildman–Crippen MR) is 230 cm³/mol.